The lowest BCUT2D eigenvalue weighted by Crippen LogP contribution is -2.40. The van der Waals surface area contributed by atoms with Crippen LogP contribution in [0.4, 0.5) is 4.79 Å². The van der Waals surface area contributed by atoms with E-state index >= 15 is 0 Å². The lowest BCUT2D eigenvalue weighted by Gasteiger charge is -2.27. The highest BCUT2D eigenvalue weighted by Gasteiger charge is 2.39. The normalized spacial score (nSPS) is 16.2. The zero-order valence-corrected chi connectivity index (χ0v) is 15.6. The average Bonchev–Trinajstić information content (AvgIpc) is 3.38. The van der Waals surface area contributed by atoms with Gasteiger partial charge >= 0.3 is 12.1 Å². The largest absolute Gasteiger partial charge is 0.444 e. The topological polar surface area (TPSA) is 93.2 Å². The Morgan fingerprint density at radius 3 is 2.15 bits per heavy atom. The number of imide groups is 1. The second-order valence-corrected chi connectivity index (χ2v) is 7.57. The second-order valence-electron chi connectivity index (χ2n) is 7.57. The summed E-state index contributed by atoms with van der Waals surface area (Å²) in [5.41, 5.74) is -0.238. The number of benzene rings is 1. The first-order valence-electron chi connectivity index (χ1n) is 8.85. The molecular weight excluding hydrogens is 352 g/mol. The van der Waals surface area contributed by atoms with Crippen LogP contribution in [0.5, 0.6) is 0 Å². The van der Waals surface area contributed by atoms with Crippen molar-refractivity contribution in [1.82, 2.24) is 9.96 Å². The fourth-order valence-electron chi connectivity index (χ4n) is 2.74. The molecule has 1 saturated carbocycles. The van der Waals surface area contributed by atoms with Crippen molar-refractivity contribution in [3.63, 3.8) is 0 Å². The van der Waals surface area contributed by atoms with Gasteiger partial charge in [-0.15, -0.1) is 0 Å². The summed E-state index contributed by atoms with van der Waals surface area (Å²) in [5, 5.41) is 0.474. The fraction of sp³-hybridized carbons (Fsp3) is 0.474. The van der Waals surface area contributed by atoms with Gasteiger partial charge in [-0.1, -0.05) is 17.2 Å². The molecule has 1 aliphatic heterocycles. The van der Waals surface area contributed by atoms with Crippen molar-refractivity contribution in [3.05, 3.63) is 35.4 Å². The summed E-state index contributed by atoms with van der Waals surface area (Å²) in [5.74, 6) is -2.11. The average molecular weight is 374 g/mol. The summed E-state index contributed by atoms with van der Waals surface area (Å²) in [6, 6.07) is 6.31. The van der Waals surface area contributed by atoms with Gasteiger partial charge in [-0.05, 0) is 45.7 Å². The third kappa shape index (κ3) is 4.27. The van der Waals surface area contributed by atoms with Gasteiger partial charge in [-0.3, -0.25) is 9.59 Å². The molecule has 3 amide bonds. The number of fused-ring (bicyclic) bond motifs is 1. The Labute approximate surface area is 157 Å². The molecule has 2 aliphatic rings. The van der Waals surface area contributed by atoms with E-state index in [0.717, 1.165) is 12.8 Å². The summed E-state index contributed by atoms with van der Waals surface area (Å²) >= 11 is 0. The Balaban J connectivity index is 1.57. The van der Waals surface area contributed by atoms with Crippen molar-refractivity contribution in [3.8, 4) is 0 Å². The maximum absolute atomic E-state index is 12.3. The van der Waals surface area contributed by atoms with Crippen molar-refractivity contribution in [1.29, 1.82) is 0 Å². The highest BCUT2D eigenvalue weighted by Crippen LogP contribution is 2.29. The zero-order valence-electron chi connectivity index (χ0n) is 15.6. The van der Waals surface area contributed by atoms with E-state index in [1.165, 1.54) is 17.0 Å². The number of hydroxylamine groups is 2. The molecule has 3 rings (SSSR count). The van der Waals surface area contributed by atoms with Crippen LogP contribution in [-0.2, 0) is 14.4 Å². The first-order chi connectivity index (χ1) is 12.7. The second kappa shape index (κ2) is 7.02. The minimum absolute atomic E-state index is 0.0481. The summed E-state index contributed by atoms with van der Waals surface area (Å²) < 4.78 is 5.36. The van der Waals surface area contributed by atoms with E-state index in [1.54, 1.807) is 32.9 Å². The van der Waals surface area contributed by atoms with Crippen molar-refractivity contribution >= 4 is 23.9 Å². The third-order valence-electron chi connectivity index (χ3n) is 4.12. The van der Waals surface area contributed by atoms with E-state index in [2.05, 4.69) is 0 Å². The van der Waals surface area contributed by atoms with Crippen LogP contribution in [0.3, 0.4) is 0 Å². The van der Waals surface area contributed by atoms with Gasteiger partial charge in [0.15, 0.2) is 0 Å². The van der Waals surface area contributed by atoms with Crippen LogP contribution in [0.15, 0.2) is 24.3 Å². The lowest BCUT2D eigenvalue weighted by atomic mass is 10.1. The van der Waals surface area contributed by atoms with E-state index in [9.17, 15) is 19.2 Å². The smallest absolute Gasteiger partial charge is 0.410 e. The van der Waals surface area contributed by atoms with Crippen LogP contribution in [0.2, 0.25) is 0 Å². The monoisotopic (exact) mass is 374 g/mol. The number of carbonyl (C=O) groups excluding carboxylic acids is 4. The number of amides is 3. The molecule has 0 N–H and O–H groups in total. The van der Waals surface area contributed by atoms with Gasteiger partial charge in [-0.2, -0.15) is 0 Å². The predicted octanol–water partition coefficient (Wildman–Crippen LogP) is 2.53. The Bertz CT molecular complexity index is 759. The molecule has 8 heteroatoms. The van der Waals surface area contributed by atoms with Crippen molar-refractivity contribution in [2.45, 2.75) is 51.7 Å². The Kier molecular flexibility index (Phi) is 4.91. The van der Waals surface area contributed by atoms with Gasteiger partial charge in [0.1, 0.15) is 5.60 Å². The lowest BCUT2D eigenvalue weighted by molar-refractivity contribution is -0.168. The molecule has 0 bridgehead atoms. The molecule has 1 aromatic carbocycles. The van der Waals surface area contributed by atoms with Crippen LogP contribution >= 0.6 is 0 Å². The number of rotatable bonds is 5. The van der Waals surface area contributed by atoms with Crippen LogP contribution < -0.4 is 0 Å². The number of carbonyl (C=O) groups is 4. The molecule has 0 spiro atoms. The molecule has 1 heterocycles. The third-order valence-corrected chi connectivity index (χ3v) is 4.12. The van der Waals surface area contributed by atoms with Gasteiger partial charge in [0, 0.05) is 12.6 Å². The molecule has 0 radical (unpaired) electrons. The van der Waals surface area contributed by atoms with Gasteiger partial charge in [0.2, 0.25) is 0 Å². The van der Waals surface area contributed by atoms with Crippen molar-refractivity contribution < 1.29 is 28.8 Å². The predicted molar refractivity (Wildman–Crippen MR) is 93.6 cm³/mol. The van der Waals surface area contributed by atoms with Gasteiger partial charge in [0.25, 0.3) is 11.8 Å². The van der Waals surface area contributed by atoms with E-state index in [4.69, 9.17) is 9.57 Å². The van der Waals surface area contributed by atoms with Crippen molar-refractivity contribution in [2.24, 2.45) is 0 Å². The standard InChI is InChI=1S/C19H22N2O6/c1-19(2,3)26-18(25)20(12-8-9-12)11-10-15(22)27-21-16(23)13-6-4-5-7-14(13)17(21)24/h4-7,12H,8-11H2,1-3H3. The molecular formula is C19H22N2O6. The zero-order chi connectivity index (χ0) is 19.8. The summed E-state index contributed by atoms with van der Waals surface area (Å²) in [6.07, 6.45) is 1.07. The molecule has 1 aliphatic carbocycles. The van der Waals surface area contributed by atoms with E-state index in [0.29, 0.717) is 5.06 Å². The maximum atomic E-state index is 12.3. The molecule has 8 nitrogen and oxygen atoms in total. The first-order valence-corrected chi connectivity index (χ1v) is 8.85. The molecule has 144 valence electrons. The fourth-order valence-corrected chi connectivity index (χ4v) is 2.74. The Morgan fingerprint density at radius 2 is 1.67 bits per heavy atom. The van der Waals surface area contributed by atoms with Crippen molar-refractivity contribution in [2.75, 3.05) is 6.54 Å². The molecule has 0 saturated heterocycles. The van der Waals surface area contributed by atoms with Gasteiger partial charge < -0.3 is 14.5 Å². The van der Waals surface area contributed by atoms with E-state index < -0.39 is 29.5 Å². The highest BCUT2D eigenvalue weighted by molar-refractivity contribution is 6.20. The van der Waals surface area contributed by atoms with Gasteiger partial charge in [0.05, 0.1) is 17.5 Å². The van der Waals surface area contributed by atoms with Crippen LogP contribution in [0.25, 0.3) is 0 Å². The van der Waals surface area contributed by atoms with E-state index in [-0.39, 0.29) is 30.1 Å². The highest BCUT2D eigenvalue weighted by atomic mass is 16.7. The molecule has 0 unspecified atom stereocenters. The maximum Gasteiger partial charge on any atom is 0.410 e. The number of hydrogen-bond acceptors (Lipinski definition) is 6. The Morgan fingerprint density at radius 1 is 1.11 bits per heavy atom. The first kappa shape index (κ1) is 18.9. The molecule has 1 fully saturated rings. The molecule has 0 atom stereocenters. The number of nitrogens with zero attached hydrogens (tertiary/aromatic N) is 2. The van der Waals surface area contributed by atoms with Crippen LogP contribution in [-0.4, -0.2) is 52.0 Å². The summed E-state index contributed by atoms with van der Waals surface area (Å²) in [7, 11) is 0. The quantitative estimate of drug-likeness (QED) is 0.735. The van der Waals surface area contributed by atoms with Gasteiger partial charge in [-0.25, -0.2) is 9.59 Å². The molecule has 27 heavy (non-hydrogen) atoms. The van der Waals surface area contributed by atoms with E-state index in [1.807, 2.05) is 0 Å². The summed E-state index contributed by atoms with van der Waals surface area (Å²) in [6.45, 7) is 5.41. The van der Waals surface area contributed by atoms with Crippen LogP contribution in [0.1, 0.15) is 60.7 Å². The molecule has 0 aromatic heterocycles. The Hall–Kier alpha value is -2.90. The minimum atomic E-state index is -0.765. The minimum Gasteiger partial charge on any atom is -0.444 e. The number of hydrogen-bond donors (Lipinski definition) is 0. The summed E-state index contributed by atoms with van der Waals surface area (Å²) in [4.78, 5) is 55.3. The molecule has 1 aromatic rings. The van der Waals surface area contributed by atoms with Crippen LogP contribution in [0, 0.1) is 0 Å². The SMILES string of the molecule is CC(C)(C)OC(=O)N(CCC(=O)ON1C(=O)c2ccccc2C1=O)C1CC1. The number of ether oxygens (including phenoxy) is 1.